The third kappa shape index (κ3) is 4.69. The highest BCUT2D eigenvalue weighted by Gasteiger charge is 2.20. The summed E-state index contributed by atoms with van der Waals surface area (Å²) in [7, 11) is 0. The van der Waals surface area contributed by atoms with Crippen LogP contribution in [0.25, 0.3) is 0 Å². The van der Waals surface area contributed by atoms with Crippen molar-refractivity contribution in [3.63, 3.8) is 0 Å². The van der Waals surface area contributed by atoms with Gasteiger partial charge in [-0.25, -0.2) is 4.79 Å². The van der Waals surface area contributed by atoms with E-state index in [2.05, 4.69) is 17.6 Å². The van der Waals surface area contributed by atoms with Gasteiger partial charge in [0.1, 0.15) is 0 Å². The maximum atomic E-state index is 11.8. The van der Waals surface area contributed by atoms with E-state index in [-0.39, 0.29) is 24.5 Å². The Kier molecular flexibility index (Phi) is 5.68. The zero-order valence-electron chi connectivity index (χ0n) is 12.5. The molecule has 0 aromatic heterocycles. The van der Waals surface area contributed by atoms with Crippen LogP contribution in [0.3, 0.4) is 0 Å². The van der Waals surface area contributed by atoms with Crippen molar-refractivity contribution in [2.45, 2.75) is 57.9 Å². The number of carbonyl (C=O) groups is 2. The maximum absolute atomic E-state index is 11.8. The predicted molar refractivity (Wildman–Crippen MR) is 78.4 cm³/mol. The Hall–Kier alpha value is -1.26. The minimum Gasteiger partial charge on any atom is -0.341 e. The average Bonchev–Trinajstić information content (AvgIpc) is 2.89. The predicted octanol–water partition coefficient (Wildman–Crippen LogP) is 1.88. The molecule has 1 heterocycles. The van der Waals surface area contributed by atoms with E-state index in [0.29, 0.717) is 0 Å². The van der Waals surface area contributed by atoms with E-state index < -0.39 is 0 Å². The van der Waals surface area contributed by atoms with E-state index in [1.807, 2.05) is 4.90 Å². The quantitative estimate of drug-likeness (QED) is 0.776. The number of likely N-dealkylation sites (tertiary alicyclic amines) is 1. The second-order valence-corrected chi connectivity index (χ2v) is 6.23. The second-order valence-electron chi connectivity index (χ2n) is 6.23. The Morgan fingerprint density at radius 2 is 1.80 bits per heavy atom. The molecule has 1 aliphatic heterocycles. The van der Waals surface area contributed by atoms with Gasteiger partial charge in [-0.1, -0.05) is 19.8 Å². The van der Waals surface area contributed by atoms with Crippen molar-refractivity contribution in [2.24, 2.45) is 5.92 Å². The van der Waals surface area contributed by atoms with Crippen molar-refractivity contribution in [3.05, 3.63) is 0 Å². The third-order valence-corrected chi connectivity index (χ3v) is 4.45. The SMILES string of the molecule is C[C@H]1CCC[C@@H](NC(=O)NCC(=O)N2CCCC2)CC1. The van der Waals surface area contributed by atoms with E-state index in [9.17, 15) is 9.59 Å². The summed E-state index contributed by atoms with van der Waals surface area (Å²) >= 11 is 0. The summed E-state index contributed by atoms with van der Waals surface area (Å²) in [4.78, 5) is 25.5. The summed E-state index contributed by atoms with van der Waals surface area (Å²) < 4.78 is 0. The number of nitrogens with zero attached hydrogens (tertiary/aromatic N) is 1. The largest absolute Gasteiger partial charge is 0.341 e. The molecule has 0 spiro atoms. The van der Waals surface area contributed by atoms with Crippen LogP contribution >= 0.6 is 0 Å². The van der Waals surface area contributed by atoms with Gasteiger partial charge < -0.3 is 15.5 Å². The van der Waals surface area contributed by atoms with Crippen molar-refractivity contribution in [3.8, 4) is 0 Å². The summed E-state index contributed by atoms with van der Waals surface area (Å²) in [6.07, 6.45) is 7.88. The molecule has 2 N–H and O–H groups in total. The standard InChI is InChI=1S/C15H27N3O2/c1-12-5-4-6-13(8-7-12)17-15(20)16-11-14(19)18-9-2-3-10-18/h12-13H,2-11H2,1H3,(H2,16,17,20)/t12-,13+/m0/s1. The molecule has 2 rings (SSSR count). The normalized spacial score (nSPS) is 26.9. The lowest BCUT2D eigenvalue weighted by atomic mass is 10.0. The van der Waals surface area contributed by atoms with Crippen LogP contribution in [0, 0.1) is 5.92 Å². The van der Waals surface area contributed by atoms with Gasteiger partial charge in [-0.15, -0.1) is 0 Å². The van der Waals surface area contributed by atoms with Crippen molar-refractivity contribution < 1.29 is 9.59 Å². The fraction of sp³-hybridized carbons (Fsp3) is 0.867. The summed E-state index contributed by atoms with van der Waals surface area (Å²) in [5.74, 6) is 0.800. The van der Waals surface area contributed by atoms with Crippen LogP contribution in [0.2, 0.25) is 0 Å². The summed E-state index contributed by atoms with van der Waals surface area (Å²) in [5.41, 5.74) is 0. The van der Waals surface area contributed by atoms with Gasteiger partial charge in [-0.3, -0.25) is 4.79 Å². The molecular weight excluding hydrogens is 254 g/mol. The van der Waals surface area contributed by atoms with Gasteiger partial charge in [-0.2, -0.15) is 0 Å². The number of hydrogen-bond acceptors (Lipinski definition) is 2. The Bertz CT molecular complexity index is 340. The van der Waals surface area contributed by atoms with Crippen molar-refractivity contribution in [2.75, 3.05) is 19.6 Å². The van der Waals surface area contributed by atoms with Gasteiger partial charge in [-0.05, 0) is 38.0 Å². The molecule has 0 unspecified atom stereocenters. The molecule has 2 fully saturated rings. The highest BCUT2D eigenvalue weighted by atomic mass is 16.2. The van der Waals surface area contributed by atoms with Crippen LogP contribution in [0.4, 0.5) is 4.79 Å². The lowest BCUT2D eigenvalue weighted by Crippen LogP contribution is -2.46. The van der Waals surface area contributed by atoms with Gasteiger partial charge >= 0.3 is 6.03 Å². The minimum atomic E-state index is -0.197. The molecule has 1 saturated heterocycles. The Balaban J connectivity index is 1.65. The van der Waals surface area contributed by atoms with E-state index in [0.717, 1.165) is 44.7 Å². The van der Waals surface area contributed by atoms with Crippen LogP contribution in [0.5, 0.6) is 0 Å². The minimum absolute atomic E-state index is 0.0344. The number of hydrogen-bond donors (Lipinski definition) is 2. The van der Waals surface area contributed by atoms with Crippen LogP contribution in [0.1, 0.15) is 51.9 Å². The van der Waals surface area contributed by atoms with Crippen LogP contribution in [-0.2, 0) is 4.79 Å². The zero-order chi connectivity index (χ0) is 14.4. The molecule has 0 aromatic carbocycles. The molecular formula is C15H27N3O2. The molecule has 20 heavy (non-hydrogen) atoms. The molecule has 1 aliphatic carbocycles. The van der Waals surface area contributed by atoms with Crippen molar-refractivity contribution >= 4 is 11.9 Å². The van der Waals surface area contributed by atoms with E-state index in [1.54, 1.807) is 0 Å². The first kappa shape index (κ1) is 15.1. The van der Waals surface area contributed by atoms with Crippen molar-refractivity contribution in [1.29, 1.82) is 0 Å². The summed E-state index contributed by atoms with van der Waals surface area (Å²) in [6, 6.07) is 0.0685. The molecule has 3 amide bonds. The number of nitrogens with one attached hydrogen (secondary N) is 2. The molecule has 0 aromatic rings. The molecule has 0 bridgehead atoms. The average molecular weight is 281 g/mol. The van der Waals surface area contributed by atoms with Gasteiger partial charge in [0, 0.05) is 19.1 Å². The lowest BCUT2D eigenvalue weighted by Gasteiger charge is -2.18. The number of amides is 3. The topological polar surface area (TPSA) is 61.4 Å². The summed E-state index contributed by atoms with van der Waals surface area (Å²) in [6.45, 7) is 4.07. The maximum Gasteiger partial charge on any atom is 0.315 e. The highest BCUT2D eigenvalue weighted by molar-refractivity contribution is 5.84. The van der Waals surface area contributed by atoms with Crippen LogP contribution in [0.15, 0.2) is 0 Å². The Labute approximate surface area is 121 Å². The summed E-state index contributed by atoms with van der Waals surface area (Å²) in [5, 5.41) is 5.70. The highest BCUT2D eigenvalue weighted by Crippen LogP contribution is 2.22. The number of rotatable bonds is 3. The molecule has 2 atom stereocenters. The monoisotopic (exact) mass is 281 g/mol. The molecule has 5 nitrogen and oxygen atoms in total. The molecule has 0 radical (unpaired) electrons. The van der Waals surface area contributed by atoms with E-state index >= 15 is 0 Å². The Morgan fingerprint density at radius 1 is 1.05 bits per heavy atom. The first-order valence-electron chi connectivity index (χ1n) is 7.97. The Morgan fingerprint density at radius 3 is 2.55 bits per heavy atom. The molecule has 5 heteroatoms. The van der Waals surface area contributed by atoms with Crippen LogP contribution < -0.4 is 10.6 Å². The van der Waals surface area contributed by atoms with Gasteiger partial charge in [0.2, 0.25) is 5.91 Å². The first-order chi connectivity index (χ1) is 9.65. The molecule has 2 aliphatic rings. The fourth-order valence-corrected chi connectivity index (χ4v) is 3.10. The number of urea groups is 1. The van der Waals surface area contributed by atoms with Crippen molar-refractivity contribution in [1.82, 2.24) is 15.5 Å². The second kappa shape index (κ2) is 7.50. The molecule has 1 saturated carbocycles. The van der Waals surface area contributed by atoms with Gasteiger partial charge in [0.25, 0.3) is 0 Å². The third-order valence-electron chi connectivity index (χ3n) is 4.45. The zero-order valence-corrected chi connectivity index (χ0v) is 12.5. The van der Waals surface area contributed by atoms with Gasteiger partial charge in [0.05, 0.1) is 6.54 Å². The first-order valence-corrected chi connectivity index (χ1v) is 7.97. The van der Waals surface area contributed by atoms with Crippen LogP contribution in [-0.4, -0.2) is 42.5 Å². The lowest BCUT2D eigenvalue weighted by molar-refractivity contribution is -0.128. The van der Waals surface area contributed by atoms with Gasteiger partial charge in [0.15, 0.2) is 0 Å². The smallest absolute Gasteiger partial charge is 0.315 e. The van der Waals surface area contributed by atoms with E-state index in [4.69, 9.17) is 0 Å². The van der Waals surface area contributed by atoms with E-state index in [1.165, 1.54) is 19.3 Å². The molecule has 114 valence electrons. The fourth-order valence-electron chi connectivity index (χ4n) is 3.10. The number of carbonyl (C=O) groups excluding carboxylic acids is 2.